The average Bonchev–Trinajstić information content (AvgIpc) is 2.83. The van der Waals surface area contributed by atoms with Gasteiger partial charge in [0.1, 0.15) is 18.0 Å². The van der Waals surface area contributed by atoms with Crippen molar-refractivity contribution in [2.45, 2.75) is 44.3 Å². The molecule has 1 heterocycles. The molecule has 3 N–H and O–H groups in total. The number of hydrogen-bond acceptors (Lipinski definition) is 7. The number of carbonyl (C=O) groups is 2. The molecule has 2 rings (SSSR count). The predicted molar refractivity (Wildman–Crippen MR) is 88.2 cm³/mol. The van der Waals surface area contributed by atoms with Gasteiger partial charge in [-0.25, -0.2) is 13.6 Å². The van der Waals surface area contributed by atoms with E-state index in [4.69, 9.17) is 9.84 Å². The molecule has 0 radical (unpaired) electrons. The molecule has 1 fully saturated rings. The highest BCUT2D eigenvalue weighted by atomic mass is 19.3. The lowest BCUT2D eigenvalue weighted by Crippen LogP contribution is -2.40. The Hall–Kier alpha value is -2.40. The highest BCUT2D eigenvalue weighted by Crippen LogP contribution is 2.46. The largest absolute Gasteiger partial charge is 0.456 e. The summed E-state index contributed by atoms with van der Waals surface area (Å²) in [6.45, 7) is 0.574. The standard InChI is InChI=1S/C16H21F2N3O6/c1-2-3-13(24)27-8-12(23)19-11-4-5-21(15(26)20-11)10-6-9(7-22)14(25)16(10,17)18/h4-5,9-10,14,22,25H,2-3,6-8H2,1H3,(H,19,20,23,26)/t9-,10-,14-/m1/s1. The molecule has 0 aliphatic heterocycles. The highest BCUT2D eigenvalue weighted by Gasteiger charge is 2.57. The monoisotopic (exact) mass is 389 g/mol. The minimum atomic E-state index is -3.61. The number of ether oxygens (including phenoxy) is 1. The van der Waals surface area contributed by atoms with Gasteiger partial charge in [-0.1, -0.05) is 6.92 Å². The van der Waals surface area contributed by atoms with Gasteiger partial charge in [-0.05, 0) is 18.9 Å². The van der Waals surface area contributed by atoms with Gasteiger partial charge in [0, 0.05) is 25.1 Å². The van der Waals surface area contributed by atoms with Crippen LogP contribution in [0.25, 0.3) is 0 Å². The number of alkyl halides is 2. The van der Waals surface area contributed by atoms with Gasteiger partial charge in [-0.15, -0.1) is 0 Å². The van der Waals surface area contributed by atoms with Crippen LogP contribution in [0, 0.1) is 5.92 Å². The molecular formula is C16H21F2N3O6. The van der Waals surface area contributed by atoms with Crippen molar-refractivity contribution < 1.29 is 33.3 Å². The van der Waals surface area contributed by atoms with E-state index >= 15 is 0 Å². The molecule has 11 heteroatoms. The van der Waals surface area contributed by atoms with Crippen LogP contribution in [-0.4, -0.2) is 56.9 Å². The van der Waals surface area contributed by atoms with Crippen LogP contribution >= 0.6 is 0 Å². The van der Waals surface area contributed by atoms with Gasteiger partial charge in [0.05, 0.1) is 0 Å². The minimum absolute atomic E-state index is 0.165. The van der Waals surface area contributed by atoms with E-state index in [1.54, 1.807) is 6.92 Å². The second-order valence-electron chi connectivity index (χ2n) is 6.28. The van der Waals surface area contributed by atoms with Crippen molar-refractivity contribution in [1.82, 2.24) is 9.55 Å². The maximum Gasteiger partial charge on any atom is 0.349 e. The van der Waals surface area contributed by atoms with E-state index in [1.165, 1.54) is 0 Å². The van der Waals surface area contributed by atoms with Crippen molar-refractivity contribution in [3.8, 4) is 0 Å². The van der Waals surface area contributed by atoms with Crippen molar-refractivity contribution >= 4 is 17.7 Å². The topological polar surface area (TPSA) is 131 Å². The van der Waals surface area contributed by atoms with Crippen molar-refractivity contribution in [2.24, 2.45) is 5.92 Å². The molecule has 1 saturated carbocycles. The van der Waals surface area contributed by atoms with Crippen LogP contribution in [0.4, 0.5) is 14.6 Å². The molecule has 0 spiro atoms. The van der Waals surface area contributed by atoms with Crippen LogP contribution in [0.15, 0.2) is 17.1 Å². The van der Waals surface area contributed by atoms with Crippen LogP contribution < -0.4 is 11.0 Å². The molecule has 1 aliphatic rings. The summed E-state index contributed by atoms with van der Waals surface area (Å²) >= 11 is 0. The first-order valence-corrected chi connectivity index (χ1v) is 8.42. The van der Waals surface area contributed by atoms with Crippen LogP contribution in [0.2, 0.25) is 0 Å². The summed E-state index contributed by atoms with van der Waals surface area (Å²) in [5.41, 5.74) is -1.05. The zero-order valence-corrected chi connectivity index (χ0v) is 14.6. The zero-order valence-electron chi connectivity index (χ0n) is 14.6. The lowest BCUT2D eigenvalue weighted by Gasteiger charge is -2.23. The number of nitrogens with one attached hydrogen (secondary N) is 1. The number of esters is 1. The van der Waals surface area contributed by atoms with Gasteiger partial charge in [0.15, 0.2) is 6.61 Å². The molecule has 1 aromatic rings. The number of amides is 1. The number of nitrogens with zero attached hydrogens (tertiary/aromatic N) is 2. The third-order valence-corrected chi connectivity index (χ3v) is 4.30. The van der Waals surface area contributed by atoms with Crippen LogP contribution in [0.3, 0.4) is 0 Å². The summed E-state index contributed by atoms with van der Waals surface area (Å²) in [6, 6.07) is -0.522. The molecule has 1 aliphatic carbocycles. The number of hydrogen-bond donors (Lipinski definition) is 3. The van der Waals surface area contributed by atoms with Crippen molar-refractivity contribution in [3.05, 3.63) is 22.7 Å². The maximum absolute atomic E-state index is 14.2. The van der Waals surface area contributed by atoms with E-state index in [0.717, 1.165) is 12.3 Å². The molecule has 9 nitrogen and oxygen atoms in total. The first-order valence-electron chi connectivity index (χ1n) is 8.42. The Kier molecular flexibility index (Phi) is 6.60. The summed E-state index contributed by atoms with van der Waals surface area (Å²) < 4.78 is 33.7. The SMILES string of the molecule is CCCC(=O)OCC(=O)Nc1ccn([C@@H]2C[C@H](CO)[C@@H](O)C2(F)F)c(=O)n1. The van der Waals surface area contributed by atoms with Crippen molar-refractivity contribution in [2.75, 3.05) is 18.5 Å². The summed E-state index contributed by atoms with van der Waals surface area (Å²) in [6.07, 6.45) is -0.614. The van der Waals surface area contributed by atoms with Gasteiger partial charge in [0.25, 0.3) is 11.8 Å². The lowest BCUT2D eigenvalue weighted by molar-refractivity contribution is -0.147. The third-order valence-electron chi connectivity index (χ3n) is 4.30. The fourth-order valence-electron chi connectivity index (χ4n) is 2.88. The van der Waals surface area contributed by atoms with E-state index in [1.807, 2.05) is 0 Å². The molecule has 150 valence electrons. The molecule has 1 aromatic heterocycles. The summed E-state index contributed by atoms with van der Waals surface area (Å²) in [5, 5.41) is 20.9. The Labute approximate surface area is 153 Å². The van der Waals surface area contributed by atoms with Crippen molar-refractivity contribution in [1.29, 1.82) is 0 Å². The number of aliphatic hydroxyl groups excluding tert-OH is 2. The number of rotatable bonds is 7. The summed E-state index contributed by atoms with van der Waals surface area (Å²) in [5.74, 6) is -6.14. The fourth-order valence-corrected chi connectivity index (χ4v) is 2.88. The second kappa shape index (κ2) is 8.53. The molecule has 0 aromatic carbocycles. The van der Waals surface area contributed by atoms with Gasteiger partial charge in [-0.3, -0.25) is 14.2 Å². The second-order valence-corrected chi connectivity index (χ2v) is 6.28. The highest BCUT2D eigenvalue weighted by molar-refractivity contribution is 5.91. The maximum atomic E-state index is 14.2. The fraction of sp³-hybridized carbons (Fsp3) is 0.625. The summed E-state index contributed by atoms with van der Waals surface area (Å²) in [7, 11) is 0. The lowest BCUT2D eigenvalue weighted by atomic mass is 10.1. The van der Waals surface area contributed by atoms with Gasteiger partial charge < -0.3 is 20.3 Å². The molecule has 0 unspecified atom stereocenters. The van der Waals surface area contributed by atoms with E-state index in [0.29, 0.717) is 11.0 Å². The van der Waals surface area contributed by atoms with Crippen LogP contribution in [0.1, 0.15) is 32.2 Å². The zero-order chi connectivity index (χ0) is 20.2. The van der Waals surface area contributed by atoms with E-state index < -0.39 is 54.8 Å². The quantitative estimate of drug-likeness (QED) is 0.563. The number of carbonyl (C=O) groups excluding carboxylic acids is 2. The molecule has 0 bridgehead atoms. The van der Waals surface area contributed by atoms with E-state index in [9.17, 15) is 28.3 Å². The smallest absolute Gasteiger partial charge is 0.349 e. The van der Waals surface area contributed by atoms with Gasteiger partial charge in [0.2, 0.25) is 0 Å². The number of aliphatic hydroxyl groups is 2. The van der Waals surface area contributed by atoms with Crippen LogP contribution in [-0.2, 0) is 14.3 Å². The Morgan fingerprint density at radius 1 is 1.48 bits per heavy atom. The average molecular weight is 389 g/mol. The van der Waals surface area contributed by atoms with Gasteiger partial charge >= 0.3 is 11.7 Å². The first kappa shape index (κ1) is 20.9. The van der Waals surface area contributed by atoms with E-state index in [2.05, 4.69) is 10.3 Å². The number of halogens is 2. The Morgan fingerprint density at radius 2 is 2.19 bits per heavy atom. The summed E-state index contributed by atoms with van der Waals surface area (Å²) in [4.78, 5) is 38.5. The van der Waals surface area contributed by atoms with Crippen LogP contribution in [0.5, 0.6) is 0 Å². The third kappa shape index (κ3) is 4.66. The number of aromatic nitrogens is 2. The predicted octanol–water partition coefficient (Wildman–Crippen LogP) is 0.0746. The number of anilines is 1. The van der Waals surface area contributed by atoms with Gasteiger partial charge in [-0.2, -0.15) is 4.98 Å². The Morgan fingerprint density at radius 3 is 2.74 bits per heavy atom. The van der Waals surface area contributed by atoms with E-state index in [-0.39, 0.29) is 18.7 Å². The molecule has 1 amide bonds. The molecular weight excluding hydrogens is 368 g/mol. The molecule has 0 saturated heterocycles. The van der Waals surface area contributed by atoms with Crippen molar-refractivity contribution in [3.63, 3.8) is 0 Å². The molecule has 27 heavy (non-hydrogen) atoms. The first-order chi connectivity index (χ1) is 12.7. The minimum Gasteiger partial charge on any atom is -0.456 e. The molecule has 3 atom stereocenters. The Bertz CT molecular complexity index is 754. The normalized spacial score (nSPS) is 23.8. The Balaban J connectivity index is 2.07.